The van der Waals surface area contributed by atoms with Crippen LogP contribution in [0.2, 0.25) is 0 Å². The second-order valence-corrected chi connectivity index (χ2v) is 3.64. The van der Waals surface area contributed by atoms with Gasteiger partial charge in [-0.05, 0) is 0 Å². The molecule has 0 saturated carbocycles. The van der Waals surface area contributed by atoms with Gasteiger partial charge < -0.3 is 35.2 Å². The molecule has 7 nitrogen and oxygen atoms in total. The highest BCUT2D eigenvalue weighted by Crippen LogP contribution is 1.83. The molecule has 0 bridgehead atoms. The summed E-state index contributed by atoms with van der Waals surface area (Å²) in [5, 5.41) is 0. The maximum atomic E-state index is 5.32. The highest BCUT2D eigenvalue weighted by molar-refractivity contribution is 4.36. The van der Waals surface area contributed by atoms with Gasteiger partial charge in [-0.25, -0.2) is 0 Å². The van der Waals surface area contributed by atoms with Crippen LogP contribution in [0.25, 0.3) is 0 Å². The zero-order valence-corrected chi connectivity index (χ0v) is 15.7. The number of hydrogen-bond donors (Lipinski definition) is 2. The van der Waals surface area contributed by atoms with Gasteiger partial charge in [0, 0.05) is 15.9 Å². The molecule has 0 aromatic carbocycles. The molecule has 0 heterocycles. The minimum atomic E-state index is 0. The summed E-state index contributed by atoms with van der Waals surface area (Å²) < 4.78 is 26.2. The first kappa shape index (κ1) is 27.6. The van der Waals surface area contributed by atoms with Gasteiger partial charge in [0.1, 0.15) is 0 Å². The van der Waals surface area contributed by atoms with Crippen LogP contribution in [0.5, 0.6) is 0 Å². The first-order valence-corrected chi connectivity index (χ1v) is 8.70. The SMILES string of the molecule is CC.CC.NCCOCCOCCOCCOCCOCCN.[HH].[HH]. The smallest absolute Gasteiger partial charge is 0.0701 e. The van der Waals surface area contributed by atoms with Gasteiger partial charge in [-0.2, -0.15) is 0 Å². The summed E-state index contributed by atoms with van der Waals surface area (Å²) >= 11 is 0. The Labute approximate surface area is 145 Å². The Hall–Kier alpha value is -0.280. The van der Waals surface area contributed by atoms with E-state index in [0.29, 0.717) is 79.2 Å². The predicted molar refractivity (Wildman–Crippen MR) is 99.1 cm³/mol. The van der Waals surface area contributed by atoms with Crippen LogP contribution in [-0.2, 0) is 23.7 Å². The summed E-state index contributed by atoms with van der Waals surface area (Å²) in [5.74, 6) is 0. The summed E-state index contributed by atoms with van der Waals surface area (Å²) in [4.78, 5) is 0. The van der Waals surface area contributed by atoms with Crippen molar-refractivity contribution in [2.75, 3.05) is 79.2 Å². The van der Waals surface area contributed by atoms with Crippen molar-refractivity contribution in [3.05, 3.63) is 0 Å². The van der Waals surface area contributed by atoms with Crippen molar-refractivity contribution in [3.63, 3.8) is 0 Å². The molecule has 0 radical (unpaired) electrons. The van der Waals surface area contributed by atoms with Crippen LogP contribution in [0.4, 0.5) is 0 Å². The highest BCUT2D eigenvalue weighted by Gasteiger charge is 1.92. The van der Waals surface area contributed by atoms with Crippen molar-refractivity contribution < 1.29 is 26.5 Å². The van der Waals surface area contributed by atoms with Crippen molar-refractivity contribution in [2.24, 2.45) is 11.5 Å². The monoisotopic (exact) mass is 344 g/mol. The molecular formula is C16H44N2O5. The largest absolute Gasteiger partial charge is 0.378 e. The summed E-state index contributed by atoms with van der Waals surface area (Å²) in [5.41, 5.74) is 10.5. The Kier molecular flexibility index (Phi) is 40.0. The molecule has 0 saturated heterocycles. The van der Waals surface area contributed by atoms with E-state index in [2.05, 4.69) is 0 Å². The van der Waals surface area contributed by atoms with Crippen molar-refractivity contribution in [2.45, 2.75) is 27.7 Å². The van der Waals surface area contributed by atoms with Crippen molar-refractivity contribution in [3.8, 4) is 0 Å². The van der Waals surface area contributed by atoms with Crippen LogP contribution in [0.3, 0.4) is 0 Å². The van der Waals surface area contributed by atoms with Crippen LogP contribution in [-0.4, -0.2) is 79.2 Å². The molecular weight excluding hydrogens is 300 g/mol. The zero-order valence-electron chi connectivity index (χ0n) is 15.7. The summed E-state index contributed by atoms with van der Waals surface area (Å²) in [6.45, 7) is 14.8. The zero-order chi connectivity index (χ0) is 18.0. The van der Waals surface area contributed by atoms with Crippen molar-refractivity contribution in [1.29, 1.82) is 0 Å². The van der Waals surface area contributed by atoms with Crippen LogP contribution in [0.15, 0.2) is 0 Å². The van der Waals surface area contributed by atoms with E-state index < -0.39 is 0 Å². The maximum absolute atomic E-state index is 5.32. The first-order valence-electron chi connectivity index (χ1n) is 8.70. The third kappa shape index (κ3) is 34.2. The topological polar surface area (TPSA) is 98.2 Å². The van der Waals surface area contributed by atoms with E-state index in [1.165, 1.54) is 0 Å². The lowest BCUT2D eigenvalue weighted by atomic mass is 10.6. The number of rotatable bonds is 16. The van der Waals surface area contributed by atoms with Gasteiger partial charge >= 0.3 is 0 Å². The van der Waals surface area contributed by atoms with E-state index in [9.17, 15) is 0 Å². The summed E-state index contributed by atoms with van der Waals surface area (Å²) in [6.07, 6.45) is 0. The second kappa shape index (κ2) is 33.4. The minimum Gasteiger partial charge on any atom is -0.378 e. The molecule has 7 heteroatoms. The fourth-order valence-electron chi connectivity index (χ4n) is 1.15. The van der Waals surface area contributed by atoms with Crippen LogP contribution in [0, 0.1) is 0 Å². The molecule has 0 aliphatic heterocycles. The molecule has 0 aromatic heterocycles. The average Bonchev–Trinajstić information content (AvgIpc) is 2.62. The lowest BCUT2D eigenvalue weighted by molar-refractivity contribution is -0.00998. The maximum Gasteiger partial charge on any atom is 0.0701 e. The number of nitrogens with two attached hydrogens (primary N) is 2. The Morgan fingerprint density at radius 1 is 0.435 bits per heavy atom. The summed E-state index contributed by atoms with van der Waals surface area (Å²) in [6, 6.07) is 0. The van der Waals surface area contributed by atoms with Crippen LogP contribution < -0.4 is 11.5 Å². The van der Waals surface area contributed by atoms with Gasteiger partial charge in [0.25, 0.3) is 0 Å². The highest BCUT2D eigenvalue weighted by atomic mass is 16.6. The van der Waals surface area contributed by atoms with Gasteiger partial charge in [-0.1, -0.05) is 27.7 Å². The lowest BCUT2D eigenvalue weighted by Gasteiger charge is -2.07. The molecule has 0 aromatic rings. The minimum absolute atomic E-state index is 0. The van der Waals surface area contributed by atoms with Gasteiger partial charge in [0.05, 0.1) is 66.1 Å². The number of hydrogen-bond acceptors (Lipinski definition) is 7. The van der Waals surface area contributed by atoms with Crippen molar-refractivity contribution in [1.82, 2.24) is 0 Å². The molecule has 23 heavy (non-hydrogen) atoms. The fraction of sp³-hybridized carbons (Fsp3) is 1.00. The van der Waals surface area contributed by atoms with Crippen LogP contribution >= 0.6 is 0 Å². The van der Waals surface area contributed by atoms with E-state index in [4.69, 9.17) is 35.2 Å². The summed E-state index contributed by atoms with van der Waals surface area (Å²) in [7, 11) is 0. The van der Waals surface area contributed by atoms with E-state index in [-0.39, 0.29) is 2.85 Å². The quantitative estimate of drug-likeness (QED) is 0.410. The Balaban J connectivity index is -0.000000206. The molecule has 0 atom stereocenters. The first-order chi connectivity index (χ1) is 11.4. The standard InChI is InChI=1S/C12H28N2O5.2C2H6.2H2/c13-1-3-15-5-7-17-9-11-19-12-10-18-8-6-16-4-2-14;2*1-2;;/h1-14H2;2*1-2H3;2*1H. The molecule has 0 rings (SSSR count). The molecule has 0 amide bonds. The Morgan fingerprint density at radius 3 is 0.783 bits per heavy atom. The second-order valence-electron chi connectivity index (χ2n) is 3.64. The molecule has 0 aliphatic carbocycles. The van der Waals surface area contributed by atoms with Crippen LogP contribution in [0.1, 0.15) is 30.5 Å². The van der Waals surface area contributed by atoms with Gasteiger partial charge in [-0.15, -0.1) is 0 Å². The Morgan fingerprint density at radius 2 is 0.609 bits per heavy atom. The van der Waals surface area contributed by atoms with E-state index in [0.717, 1.165) is 0 Å². The number of ether oxygens (including phenoxy) is 5. The lowest BCUT2D eigenvalue weighted by Crippen LogP contribution is -2.15. The Bertz CT molecular complexity index is 159. The van der Waals surface area contributed by atoms with E-state index in [1.54, 1.807) is 0 Å². The molecule has 148 valence electrons. The molecule has 0 fully saturated rings. The van der Waals surface area contributed by atoms with E-state index in [1.807, 2.05) is 27.7 Å². The van der Waals surface area contributed by atoms with Gasteiger partial charge in [0.2, 0.25) is 0 Å². The van der Waals surface area contributed by atoms with E-state index >= 15 is 0 Å². The third-order valence-corrected chi connectivity index (χ3v) is 2.01. The predicted octanol–water partition coefficient (Wildman–Crippen LogP) is 1.53. The fourth-order valence-corrected chi connectivity index (χ4v) is 1.15. The normalized spacial score (nSPS) is 9.65. The van der Waals surface area contributed by atoms with Gasteiger partial charge in [0.15, 0.2) is 0 Å². The molecule has 0 spiro atoms. The molecule has 0 aliphatic rings. The third-order valence-electron chi connectivity index (χ3n) is 2.01. The molecule has 0 unspecified atom stereocenters. The average molecular weight is 345 g/mol. The van der Waals surface area contributed by atoms with Crippen molar-refractivity contribution >= 4 is 0 Å². The molecule has 4 N–H and O–H groups in total. The van der Waals surface area contributed by atoms with Gasteiger partial charge in [-0.3, -0.25) is 0 Å².